The number of carbonyl (C=O) groups is 2. The van der Waals surface area contributed by atoms with Gasteiger partial charge in [0.1, 0.15) is 29.0 Å². The third kappa shape index (κ3) is 11.8. The van der Waals surface area contributed by atoms with E-state index in [2.05, 4.69) is 48.3 Å². The monoisotopic (exact) mass is 1010 g/mol. The molecular weight excluding hydrogens is 939 g/mol. The van der Waals surface area contributed by atoms with Crippen molar-refractivity contribution in [3.05, 3.63) is 114 Å². The van der Waals surface area contributed by atoms with Crippen LogP contribution < -0.4 is 24.3 Å². The fourth-order valence-corrected chi connectivity index (χ4v) is 12.5. The van der Waals surface area contributed by atoms with Crippen molar-refractivity contribution in [2.45, 2.75) is 133 Å². The van der Waals surface area contributed by atoms with Crippen LogP contribution in [-0.2, 0) is 25.7 Å². The van der Waals surface area contributed by atoms with Crippen molar-refractivity contribution in [1.82, 2.24) is 4.90 Å². The van der Waals surface area contributed by atoms with Gasteiger partial charge in [-0.15, -0.1) is 6.58 Å². The lowest BCUT2D eigenvalue weighted by Gasteiger charge is -2.60. The molecular formula is C60H75N3O11. The molecule has 0 radical (unpaired) electrons. The van der Waals surface area contributed by atoms with Crippen LogP contribution in [0.15, 0.2) is 108 Å². The Hall–Kier alpha value is -5.93. The van der Waals surface area contributed by atoms with Crippen molar-refractivity contribution < 1.29 is 53.1 Å². The molecule has 3 aliphatic carbocycles. The van der Waals surface area contributed by atoms with E-state index in [0.717, 1.165) is 85.3 Å². The van der Waals surface area contributed by atoms with E-state index in [4.69, 9.17) is 38.4 Å². The number of fused-ring (bicyclic) bond motifs is 3. The van der Waals surface area contributed by atoms with Gasteiger partial charge in [-0.1, -0.05) is 98.3 Å². The Labute approximate surface area is 436 Å². The molecule has 14 nitrogen and oxygen atoms in total. The van der Waals surface area contributed by atoms with Gasteiger partial charge in [-0.3, -0.25) is 10.1 Å². The van der Waals surface area contributed by atoms with Gasteiger partial charge in [0.25, 0.3) is 0 Å². The largest absolute Gasteiger partial charge is 0.497 e. The van der Waals surface area contributed by atoms with Crippen LogP contribution in [0.25, 0.3) is 10.8 Å². The number of methoxy groups -OCH3 is 2. The van der Waals surface area contributed by atoms with Crippen molar-refractivity contribution >= 4 is 34.2 Å². The lowest BCUT2D eigenvalue weighted by molar-refractivity contribution is -0.258. The molecule has 4 aromatic carbocycles. The Morgan fingerprint density at radius 3 is 2.43 bits per heavy atom. The molecule has 1 unspecified atom stereocenters. The summed E-state index contributed by atoms with van der Waals surface area (Å²) in [5.74, 6) is -0.0381. The average molecular weight is 1010 g/mol. The number of allylic oxidation sites excluding steroid dienone is 1. The van der Waals surface area contributed by atoms with E-state index in [1.807, 2.05) is 29.2 Å². The molecule has 3 N–H and O–H groups in total. The molecule has 1 saturated heterocycles. The summed E-state index contributed by atoms with van der Waals surface area (Å²) < 4.78 is 38.1. The summed E-state index contributed by atoms with van der Waals surface area (Å²) in [5, 5.41) is 30.3. The summed E-state index contributed by atoms with van der Waals surface area (Å²) in [5.41, 5.74) is 3.88. The fourth-order valence-electron chi connectivity index (χ4n) is 12.5. The number of amides is 2. The third-order valence-electron chi connectivity index (χ3n) is 16.1. The number of aliphatic hydroxyl groups is 2. The summed E-state index contributed by atoms with van der Waals surface area (Å²) in [6.45, 7) is 5.28. The van der Waals surface area contributed by atoms with Gasteiger partial charge in [0.05, 0.1) is 44.8 Å². The van der Waals surface area contributed by atoms with Crippen LogP contribution in [0.2, 0.25) is 0 Å². The molecule has 2 heterocycles. The summed E-state index contributed by atoms with van der Waals surface area (Å²) in [6.07, 6.45) is 15.9. The van der Waals surface area contributed by atoms with Crippen LogP contribution in [0.5, 0.6) is 23.0 Å². The predicted molar refractivity (Wildman–Crippen MR) is 285 cm³/mol. The highest BCUT2D eigenvalue weighted by molar-refractivity contribution is 6.03. The van der Waals surface area contributed by atoms with E-state index in [9.17, 15) is 15.0 Å². The zero-order valence-electron chi connectivity index (χ0n) is 43.2. The fraction of sp³-hybridized carbons (Fsp3) is 0.517. The Kier molecular flexibility index (Phi) is 17.9. The minimum atomic E-state index is -1.47. The van der Waals surface area contributed by atoms with E-state index in [0.29, 0.717) is 79.1 Å². The Balaban J connectivity index is 1.21. The minimum absolute atomic E-state index is 0.00228. The molecule has 2 saturated carbocycles. The van der Waals surface area contributed by atoms with Crippen LogP contribution in [0.3, 0.4) is 0 Å². The molecule has 0 aromatic heterocycles. The number of oxime groups is 1. The van der Waals surface area contributed by atoms with Gasteiger partial charge in [0.15, 0.2) is 0 Å². The van der Waals surface area contributed by atoms with Gasteiger partial charge in [0, 0.05) is 56.6 Å². The van der Waals surface area contributed by atoms with E-state index in [1.165, 1.54) is 20.0 Å². The smallest absolute Gasteiger partial charge is 0.417 e. The first-order valence-electron chi connectivity index (χ1n) is 27.1. The highest BCUT2D eigenvalue weighted by Crippen LogP contribution is 2.62. The molecule has 4 aromatic rings. The highest BCUT2D eigenvalue weighted by atomic mass is 16.8. The maximum atomic E-state index is 15.6. The third-order valence-corrected chi connectivity index (χ3v) is 16.1. The van der Waals surface area contributed by atoms with Crippen LogP contribution in [0, 0.1) is 23.7 Å². The molecule has 14 heteroatoms. The zero-order valence-corrected chi connectivity index (χ0v) is 43.2. The number of rotatable bonds is 23. The van der Waals surface area contributed by atoms with Crippen LogP contribution >= 0.6 is 0 Å². The second-order valence-electron chi connectivity index (χ2n) is 20.6. The first-order chi connectivity index (χ1) is 36.3. The second kappa shape index (κ2) is 25.1. The standard InChI is InChI=1S/C60H75N3O11/c1-4-33-71-60-54(63(55(66)30-25-40-16-5-6-17-40)39-43-21-15-20-41-18-7-8-22-46(41)43)38-51(62-74-56-24-11-14-34-70-56)48-35-42(19-9-12-31-64)47(23-10-13-32-65)57(58(48)60)49-36-45(27-29-52(49)73-60)72-59(67)61-50-28-26-44(68-2)37-53(50)69-3/h4,7-8,15,18,20-22,26-29,35-37,40,42,47,54,56-58,64-65H,1,5-6,9-14,16-17,19,23-25,30-34,38-39H2,2-3H3,(H,61,67)/t42-,47+,54-,56?,57+,58+,60+/m0/s1. The number of nitrogens with zero attached hydrogens (tertiary/aromatic N) is 2. The van der Waals surface area contributed by atoms with Crippen LogP contribution in [0.4, 0.5) is 10.5 Å². The molecule has 7 atom stereocenters. The Morgan fingerprint density at radius 1 is 0.878 bits per heavy atom. The van der Waals surface area contributed by atoms with Gasteiger partial charge >= 0.3 is 6.09 Å². The number of carbonyl (C=O) groups excluding carboxylic acids is 2. The highest BCUT2D eigenvalue weighted by Gasteiger charge is 2.65. The van der Waals surface area contributed by atoms with Crippen molar-refractivity contribution in [1.29, 1.82) is 0 Å². The average Bonchev–Trinajstić information content (AvgIpc) is 3.96. The number of benzene rings is 4. The quantitative estimate of drug-likeness (QED) is 0.0368. The number of hydrogen-bond donors (Lipinski definition) is 3. The lowest BCUT2D eigenvalue weighted by atomic mass is 9.55. The second-order valence-corrected chi connectivity index (χ2v) is 20.6. The summed E-state index contributed by atoms with van der Waals surface area (Å²) in [6, 6.07) is 24.5. The summed E-state index contributed by atoms with van der Waals surface area (Å²) in [7, 11) is 3.08. The maximum Gasteiger partial charge on any atom is 0.417 e. The molecule has 0 spiro atoms. The molecule has 9 rings (SSSR count). The van der Waals surface area contributed by atoms with Gasteiger partial charge < -0.3 is 48.4 Å². The van der Waals surface area contributed by atoms with E-state index in [1.54, 1.807) is 37.5 Å². The summed E-state index contributed by atoms with van der Waals surface area (Å²) >= 11 is 0. The van der Waals surface area contributed by atoms with Crippen LogP contribution in [-0.4, -0.2) is 91.6 Å². The summed E-state index contributed by atoms with van der Waals surface area (Å²) in [4.78, 5) is 37.8. The van der Waals surface area contributed by atoms with Crippen LogP contribution in [0.1, 0.15) is 120 Å². The molecule has 5 aliphatic rings. The predicted octanol–water partition coefficient (Wildman–Crippen LogP) is 11.6. The van der Waals surface area contributed by atoms with Crippen molar-refractivity contribution in [3.63, 3.8) is 0 Å². The Bertz CT molecular complexity index is 2620. The van der Waals surface area contributed by atoms with Crippen molar-refractivity contribution in [2.24, 2.45) is 28.8 Å². The van der Waals surface area contributed by atoms with E-state index < -0.39 is 30.1 Å². The molecule has 74 heavy (non-hydrogen) atoms. The molecule has 0 bridgehead atoms. The minimum Gasteiger partial charge on any atom is -0.497 e. The van der Waals surface area contributed by atoms with Gasteiger partial charge in [-0.05, 0) is 115 Å². The van der Waals surface area contributed by atoms with E-state index >= 15 is 4.79 Å². The number of aliphatic hydroxyl groups excluding tert-OH is 2. The first kappa shape index (κ1) is 52.9. The molecule has 3 fully saturated rings. The SMILES string of the molecule is C=CCO[C@@]12Oc3ccc(OC(=O)Nc4ccc(OC)cc4OC)cc3[C@H]3[C@H](CCCCO)[C@@H](CCCCO)C=C(C(=NOC4CCCCO4)C[C@@H]1N(Cc1cccc4ccccc14)C(=O)CCC1CCCC1)[C@H]32. The Morgan fingerprint density at radius 2 is 1.66 bits per heavy atom. The maximum absolute atomic E-state index is 15.6. The van der Waals surface area contributed by atoms with E-state index in [-0.39, 0.29) is 49.9 Å². The number of nitrogens with one attached hydrogen (secondary N) is 1. The first-order valence-corrected chi connectivity index (χ1v) is 27.1. The van der Waals surface area contributed by atoms with Crippen molar-refractivity contribution in [2.75, 3.05) is 46.0 Å². The van der Waals surface area contributed by atoms with Gasteiger partial charge in [-0.25, -0.2) is 4.79 Å². The van der Waals surface area contributed by atoms with Gasteiger partial charge in [0.2, 0.25) is 18.0 Å². The number of ether oxygens (including phenoxy) is 6. The van der Waals surface area contributed by atoms with Crippen molar-refractivity contribution in [3.8, 4) is 23.0 Å². The number of anilines is 1. The number of unbranched alkanes of at least 4 members (excludes halogenated alkanes) is 2. The normalized spacial score (nSPS) is 24.8. The molecule has 2 aliphatic heterocycles. The molecule has 396 valence electrons. The topological polar surface area (TPSA) is 167 Å². The number of hydrogen-bond acceptors (Lipinski definition) is 12. The zero-order chi connectivity index (χ0) is 51.4. The molecule has 2 amide bonds. The lowest BCUT2D eigenvalue weighted by Crippen LogP contribution is -2.70. The van der Waals surface area contributed by atoms with Gasteiger partial charge in [-0.2, -0.15) is 0 Å².